The summed E-state index contributed by atoms with van der Waals surface area (Å²) in [5.41, 5.74) is 1.35. The van der Waals surface area contributed by atoms with Crippen molar-refractivity contribution >= 4 is 33.4 Å². The van der Waals surface area contributed by atoms with Crippen molar-refractivity contribution in [1.82, 2.24) is 10.3 Å². The van der Waals surface area contributed by atoms with Crippen molar-refractivity contribution in [3.63, 3.8) is 0 Å². The van der Waals surface area contributed by atoms with E-state index in [4.69, 9.17) is 0 Å². The number of carbonyl (C=O) groups is 2. The Hall–Kier alpha value is -1.43. The maximum absolute atomic E-state index is 11.4. The van der Waals surface area contributed by atoms with Gasteiger partial charge in [-0.15, -0.1) is 0 Å². The van der Waals surface area contributed by atoms with Crippen LogP contribution in [0.2, 0.25) is 0 Å². The Morgan fingerprint density at radius 1 is 1.44 bits per heavy atom. The SMILES string of the molecule is CC(=O)NCC(=O)Nc1ccc(Br)nc1C. The number of rotatable bonds is 3. The number of aryl methyl sites for hydroxylation is 1. The van der Waals surface area contributed by atoms with Gasteiger partial charge in [0.1, 0.15) is 4.60 Å². The topological polar surface area (TPSA) is 71.1 Å². The quantitative estimate of drug-likeness (QED) is 0.821. The summed E-state index contributed by atoms with van der Waals surface area (Å²) in [6.45, 7) is 3.11. The van der Waals surface area contributed by atoms with Crippen molar-refractivity contribution in [3.8, 4) is 0 Å². The molecule has 0 bridgehead atoms. The van der Waals surface area contributed by atoms with Crippen LogP contribution in [0.15, 0.2) is 16.7 Å². The van der Waals surface area contributed by atoms with Crippen LogP contribution in [-0.2, 0) is 9.59 Å². The molecule has 16 heavy (non-hydrogen) atoms. The predicted octanol–water partition coefficient (Wildman–Crippen LogP) is 1.23. The Labute approximate surface area is 102 Å². The van der Waals surface area contributed by atoms with Crippen LogP contribution < -0.4 is 10.6 Å². The Morgan fingerprint density at radius 3 is 2.69 bits per heavy atom. The van der Waals surface area contributed by atoms with Gasteiger partial charge in [-0.2, -0.15) is 0 Å². The van der Waals surface area contributed by atoms with E-state index >= 15 is 0 Å². The number of nitrogens with one attached hydrogen (secondary N) is 2. The van der Waals surface area contributed by atoms with Gasteiger partial charge < -0.3 is 10.6 Å². The maximum atomic E-state index is 11.4. The summed E-state index contributed by atoms with van der Waals surface area (Å²) in [6, 6.07) is 3.49. The first-order valence-corrected chi connectivity index (χ1v) is 5.46. The molecule has 0 radical (unpaired) electrons. The van der Waals surface area contributed by atoms with Crippen molar-refractivity contribution in [2.24, 2.45) is 0 Å². The van der Waals surface area contributed by atoms with Crippen molar-refractivity contribution in [1.29, 1.82) is 0 Å². The molecule has 0 spiro atoms. The monoisotopic (exact) mass is 285 g/mol. The van der Waals surface area contributed by atoms with Crippen LogP contribution in [0, 0.1) is 6.92 Å². The molecule has 2 amide bonds. The van der Waals surface area contributed by atoms with Gasteiger partial charge in [0.25, 0.3) is 0 Å². The molecule has 0 aromatic carbocycles. The molecule has 0 aliphatic rings. The van der Waals surface area contributed by atoms with Crippen molar-refractivity contribution < 1.29 is 9.59 Å². The Kier molecular flexibility index (Phi) is 4.42. The number of nitrogens with zero attached hydrogens (tertiary/aromatic N) is 1. The lowest BCUT2D eigenvalue weighted by molar-refractivity contribution is -0.122. The molecule has 0 saturated carbocycles. The molecule has 6 heteroatoms. The molecule has 86 valence electrons. The van der Waals surface area contributed by atoms with Gasteiger partial charge in [0.2, 0.25) is 11.8 Å². The highest BCUT2D eigenvalue weighted by Crippen LogP contribution is 2.15. The first-order valence-electron chi connectivity index (χ1n) is 4.66. The largest absolute Gasteiger partial charge is 0.347 e. The van der Waals surface area contributed by atoms with Gasteiger partial charge in [-0.05, 0) is 35.0 Å². The summed E-state index contributed by atoms with van der Waals surface area (Å²) in [5.74, 6) is -0.511. The smallest absolute Gasteiger partial charge is 0.243 e. The summed E-state index contributed by atoms with van der Waals surface area (Å²) in [4.78, 5) is 26.1. The molecule has 1 aromatic rings. The van der Waals surface area contributed by atoms with E-state index in [2.05, 4.69) is 31.5 Å². The lowest BCUT2D eigenvalue weighted by Crippen LogP contribution is -2.31. The highest BCUT2D eigenvalue weighted by Gasteiger charge is 2.06. The van der Waals surface area contributed by atoms with Crippen LogP contribution >= 0.6 is 15.9 Å². The standard InChI is InChI=1S/C10H12BrN3O2/c1-6-8(3-4-9(11)13-6)14-10(16)5-12-7(2)15/h3-4H,5H2,1-2H3,(H,12,15)(H,14,16). The van der Waals surface area contributed by atoms with Crippen LogP contribution in [0.25, 0.3) is 0 Å². The van der Waals surface area contributed by atoms with Crippen molar-refractivity contribution in [2.75, 3.05) is 11.9 Å². The average molecular weight is 286 g/mol. The van der Waals surface area contributed by atoms with Crippen LogP contribution in [0.5, 0.6) is 0 Å². The summed E-state index contributed by atoms with van der Waals surface area (Å²) in [7, 11) is 0. The highest BCUT2D eigenvalue weighted by atomic mass is 79.9. The minimum atomic E-state index is -0.276. The van der Waals surface area contributed by atoms with E-state index in [1.54, 1.807) is 19.1 Å². The van der Waals surface area contributed by atoms with Gasteiger partial charge in [-0.25, -0.2) is 4.98 Å². The molecule has 1 aromatic heterocycles. The molecule has 1 heterocycles. The number of amides is 2. The molecule has 0 aliphatic carbocycles. The van der Waals surface area contributed by atoms with Gasteiger partial charge in [0.15, 0.2) is 0 Å². The summed E-state index contributed by atoms with van der Waals surface area (Å²) < 4.78 is 0.713. The first-order chi connectivity index (χ1) is 7.49. The van der Waals surface area contributed by atoms with Gasteiger partial charge in [0, 0.05) is 6.92 Å². The minimum Gasteiger partial charge on any atom is -0.347 e. The van der Waals surface area contributed by atoms with Crippen LogP contribution in [0.1, 0.15) is 12.6 Å². The normalized spacial score (nSPS) is 9.69. The Morgan fingerprint density at radius 2 is 2.12 bits per heavy atom. The fraction of sp³-hybridized carbons (Fsp3) is 0.300. The lowest BCUT2D eigenvalue weighted by Gasteiger charge is -2.08. The van der Waals surface area contributed by atoms with Gasteiger partial charge in [-0.3, -0.25) is 9.59 Å². The molecular weight excluding hydrogens is 274 g/mol. The molecule has 2 N–H and O–H groups in total. The fourth-order valence-electron chi connectivity index (χ4n) is 1.06. The third kappa shape index (κ3) is 3.98. The van der Waals surface area contributed by atoms with E-state index in [0.717, 1.165) is 0 Å². The zero-order valence-electron chi connectivity index (χ0n) is 9.00. The molecular formula is C10H12BrN3O2. The number of aromatic nitrogens is 1. The van der Waals surface area contributed by atoms with Gasteiger partial charge in [0.05, 0.1) is 17.9 Å². The number of hydrogen-bond acceptors (Lipinski definition) is 3. The van der Waals surface area contributed by atoms with E-state index in [-0.39, 0.29) is 18.4 Å². The minimum absolute atomic E-state index is 0.0369. The molecule has 0 atom stereocenters. The van der Waals surface area contributed by atoms with Crippen LogP contribution in [0.4, 0.5) is 5.69 Å². The van der Waals surface area contributed by atoms with Crippen molar-refractivity contribution in [3.05, 3.63) is 22.4 Å². The molecule has 1 rings (SSSR count). The van der Waals surface area contributed by atoms with E-state index in [9.17, 15) is 9.59 Å². The van der Waals surface area contributed by atoms with Crippen LogP contribution in [-0.4, -0.2) is 23.3 Å². The second-order valence-corrected chi connectivity index (χ2v) is 4.04. The third-order valence-corrected chi connectivity index (χ3v) is 2.27. The fourth-order valence-corrected chi connectivity index (χ4v) is 1.46. The molecule has 0 fully saturated rings. The van der Waals surface area contributed by atoms with Crippen LogP contribution in [0.3, 0.4) is 0 Å². The maximum Gasteiger partial charge on any atom is 0.243 e. The summed E-state index contributed by atoms with van der Waals surface area (Å²) in [5, 5.41) is 5.07. The summed E-state index contributed by atoms with van der Waals surface area (Å²) >= 11 is 3.23. The molecule has 0 unspecified atom stereocenters. The lowest BCUT2D eigenvalue weighted by atomic mass is 10.3. The van der Waals surface area contributed by atoms with Gasteiger partial charge in [-0.1, -0.05) is 0 Å². The van der Waals surface area contributed by atoms with E-state index < -0.39 is 0 Å². The zero-order chi connectivity index (χ0) is 12.1. The number of halogens is 1. The molecule has 0 saturated heterocycles. The Balaban J connectivity index is 2.59. The van der Waals surface area contributed by atoms with Gasteiger partial charge >= 0.3 is 0 Å². The number of hydrogen-bond donors (Lipinski definition) is 2. The first kappa shape index (κ1) is 12.6. The Bertz CT molecular complexity index is 421. The van der Waals surface area contributed by atoms with E-state index in [1.807, 2.05) is 0 Å². The van der Waals surface area contributed by atoms with Crippen molar-refractivity contribution in [2.45, 2.75) is 13.8 Å². The average Bonchev–Trinajstić information content (AvgIpc) is 2.19. The number of pyridine rings is 1. The van der Waals surface area contributed by atoms with E-state index in [1.165, 1.54) is 6.92 Å². The van der Waals surface area contributed by atoms with E-state index in [0.29, 0.717) is 16.0 Å². The second kappa shape index (κ2) is 5.60. The number of carbonyl (C=O) groups excluding carboxylic acids is 2. The predicted molar refractivity (Wildman–Crippen MR) is 64.0 cm³/mol. The third-order valence-electron chi connectivity index (χ3n) is 1.82. The second-order valence-electron chi connectivity index (χ2n) is 3.22. The summed E-state index contributed by atoms with van der Waals surface area (Å²) in [6.07, 6.45) is 0. The highest BCUT2D eigenvalue weighted by molar-refractivity contribution is 9.10. The molecule has 5 nitrogen and oxygen atoms in total. The molecule has 0 aliphatic heterocycles. The number of anilines is 1. The zero-order valence-corrected chi connectivity index (χ0v) is 10.6.